The van der Waals surface area contributed by atoms with Gasteiger partial charge in [0.25, 0.3) is 5.91 Å². The average molecular weight is 420 g/mol. The first-order valence-corrected chi connectivity index (χ1v) is 7.16. The van der Waals surface area contributed by atoms with E-state index in [1.165, 1.54) is 6.20 Å². The Kier molecular flexibility index (Phi) is 4.84. The first kappa shape index (κ1) is 16.2. The van der Waals surface area contributed by atoms with Gasteiger partial charge >= 0.3 is 0 Å². The van der Waals surface area contributed by atoms with Crippen LogP contribution in [-0.4, -0.2) is 39.6 Å². The molecule has 2 atom stereocenters. The van der Waals surface area contributed by atoms with Crippen molar-refractivity contribution in [2.75, 3.05) is 18.4 Å². The largest absolute Gasteiger partial charge is 0.377 e. The van der Waals surface area contributed by atoms with E-state index in [1.807, 2.05) is 0 Å². The van der Waals surface area contributed by atoms with Gasteiger partial charge in [-0.3, -0.25) is 4.79 Å². The molecule has 0 saturated carbocycles. The van der Waals surface area contributed by atoms with Crippen LogP contribution in [0.15, 0.2) is 17.0 Å². The van der Waals surface area contributed by atoms with Gasteiger partial charge in [0.1, 0.15) is 4.60 Å². The van der Waals surface area contributed by atoms with Gasteiger partial charge in [0.15, 0.2) is 5.65 Å². The summed E-state index contributed by atoms with van der Waals surface area (Å²) in [5.74, 6) is -0.0532. The number of carbonyl (C=O) groups excluding carboxylic acids is 1. The maximum absolute atomic E-state index is 11.6. The van der Waals surface area contributed by atoms with Gasteiger partial charge in [-0.1, -0.05) is 6.92 Å². The molecular formula is C12H16Br2N6O. The van der Waals surface area contributed by atoms with Crippen LogP contribution in [-0.2, 0) is 0 Å². The number of nitrogens with one attached hydrogen (secondary N) is 2. The van der Waals surface area contributed by atoms with E-state index >= 15 is 0 Å². The zero-order chi connectivity index (χ0) is 14.3. The summed E-state index contributed by atoms with van der Waals surface area (Å²) in [5.41, 5.74) is 7.02. The second kappa shape index (κ2) is 6.29. The highest BCUT2D eigenvalue weighted by molar-refractivity contribution is 9.10. The second-order valence-electron chi connectivity index (χ2n) is 5.02. The molecule has 2 aromatic rings. The van der Waals surface area contributed by atoms with Crippen LogP contribution >= 0.6 is 32.9 Å². The van der Waals surface area contributed by atoms with Crippen molar-refractivity contribution in [2.24, 2.45) is 11.7 Å². The molecule has 1 amide bonds. The Labute approximate surface area is 140 Å². The Balaban J connectivity index is 0.00000161. The molecular weight excluding hydrogens is 404 g/mol. The Bertz CT molecular complexity index is 673. The van der Waals surface area contributed by atoms with Crippen LogP contribution in [0.4, 0.5) is 5.69 Å². The van der Waals surface area contributed by atoms with Crippen LogP contribution in [0.2, 0.25) is 0 Å². The van der Waals surface area contributed by atoms with Gasteiger partial charge in [-0.25, -0.2) is 9.50 Å². The molecule has 3 heterocycles. The van der Waals surface area contributed by atoms with E-state index in [4.69, 9.17) is 5.73 Å². The fraction of sp³-hybridized carbons (Fsp3) is 0.417. The van der Waals surface area contributed by atoms with Crippen molar-refractivity contribution >= 4 is 50.2 Å². The number of imidazole rings is 1. The van der Waals surface area contributed by atoms with Crippen LogP contribution in [0.3, 0.4) is 0 Å². The van der Waals surface area contributed by atoms with Gasteiger partial charge in [-0.05, 0) is 28.4 Å². The first-order chi connectivity index (χ1) is 9.56. The number of carbonyl (C=O) groups is 1. The summed E-state index contributed by atoms with van der Waals surface area (Å²) in [6.07, 6.45) is 3.21. The smallest absolute Gasteiger partial charge is 0.252 e. The molecule has 21 heavy (non-hydrogen) atoms. The third kappa shape index (κ3) is 3.04. The highest BCUT2D eigenvalue weighted by Crippen LogP contribution is 2.25. The predicted octanol–water partition coefficient (Wildman–Crippen LogP) is 1.19. The number of nitrogens with two attached hydrogens (primary N) is 1. The molecule has 1 aliphatic rings. The lowest BCUT2D eigenvalue weighted by molar-refractivity contribution is 0.100. The topological polar surface area (TPSA) is 97.3 Å². The molecule has 0 unspecified atom stereocenters. The van der Waals surface area contributed by atoms with E-state index in [0.29, 0.717) is 27.4 Å². The molecule has 2 aromatic heterocycles. The molecule has 9 heteroatoms. The zero-order valence-corrected chi connectivity index (χ0v) is 14.6. The molecule has 0 spiro atoms. The van der Waals surface area contributed by atoms with Crippen LogP contribution < -0.4 is 16.4 Å². The fourth-order valence-corrected chi connectivity index (χ4v) is 2.79. The summed E-state index contributed by atoms with van der Waals surface area (Å²) in [4.78, 5) is 16.0. The number of fused-ring (bicyclic) bond motifs is 1. The number of amides is 1. The van der Waals surface area contributed by atoms with Gasteiger partial charge in [0.05, 0.1) is 23.6 Å². The maximum atomic E-state index is 11.6. The van der Waals surface area contributed by atoms with Crippen LogP contribution in [0.5, 0.6) is 0 Å². The van der Waals surface area contributed by atoms with Crippen LogP contribution in [0, 0.1) is 5.92 Å². The highest BCUT2D eigenvalue weighted by atomic mass is 79.9. The third-order valence-corrected chi connectivity index (χ3v) is 3.96. The second-order valence-corrected chi connectivity index (χ2v) is 5.83. The van der Waals surface area contributed by atoms with Crippen molar-refractivity contribution in [3.8, 4) is 0 Å². The van der Waals surface area contributed by atoms with Gasteiger partial charge in [-0.2, -0.15) is 5.10 Å². The molecule has 3 rings (SSSR count). The first-order valence-electron chi connectivity index (χ1n) is 6.37. The van der Waals surface area contributed by atoms with E-state index < -0.39 is 5.91 Å². The lowest BCUT2D eigenvalue weighted by atomic mass is 10.1. The van der Waals surface area contributed by atoms with Crippen LogP contribution in [0.25, 0.3) is 5.65 Å². The molecule has 1 saturated heterocycles. The van der Waals surface area contributed by atoms with Crippen molar-refractivity contribution in [3.05, 3.63) is 22.6 Å². The predicted molar refractivity (Wildman–Crippen MR) is 89.0 cm³/mol. The van der Waals surface area contributed by atoms with Gasteiger partial charge in [-0.15, -0.1) is 17.0 Å². The van der Waals surface area contributed by atoms with Crippen LogP contribution in [0.1, 0.15) is 17.3 Å². The quantitative estimate of drug-likeness (QED) is 0.694. The summed E-state index contributed by atoms with van der Waals surface area (Å²) >= 11 is 3.32. The molecule has 114 valence electrons. The van der Waals surface area contributed by atoms with Crippen molar-refractivity contribution in [1.29, 1.82) is 0 Å². The minimum atomic E-state index is -0.514. The summed E-state index contributed by atoms with van der Waals surface area (Å²) in [5, 5.41) is 10.8. The minimum absolute atomic E-state index is 0. The molecule has 0 aliphatic carbocycles. The molecule has 0 bridgehead atoms. The number of hydrogen-bond acceptors (Lipinski definition) is 5. The summed E-state index contributed by atoms with van der Waals surface area (Å²) in [6.45, 7) is 3.94. The Morgan fingerprint density at radius 1 is 1.57 bits per heavy atom. The number of rotatable bonds is 3. The van der Waals surface area contributed by atoms with E-state index in [9.17, 15) is 4.79 Å². The Morgan fingerprint density at radius 3 is 2.95 bits per heavy atom. The highest BCUT2D eigenvalue weighted by Gasteiger charge is 2.26. The van der Waals surface area contributed by atoms with Crippen molar-refractivity contribution in [3.63, 3.8) is 0 Å². The lowest BCUT2D eigenvalue weighted by Crippen LogP contribution is -2.29. The van der Waals surface area contributed by atoms with Crippen molar-refractivity contribution < 1.29 is 4.79 Å². The zero-order valence-electron chi connectivity index (χ0n) is 11.3. The number of anilines is 1. The lowest BCUT2D eigenvalue weighted by Gasteiger charge is -2.19. The van der Waals surface area contributed by atoms with E-state index in [2.05, 4.69) is 43.6 Å². The van der Waals surface area contributed by atoms with Gasteiger partial charge < -0.3 is 16.4 Å². The molecule has 1 fully saturated rings. The van der Waals surface area contributed by atoms with E-state index in [0.717, 1.165) is 13.1 Å². The standard InChI is InChI=1S/C12H15BrN6O.BrH/c1-6-2-15-4-8(6)17-10-7(11(14)20)3-16-19-5-9(13)18-12(10)19;/h3,5-6,8,15,17H,2,4H2,1H3,(H2,14,20);1H/t6-,8+;/m0./s1. The van der Waals surface area contributed by atoms with E-state index in [-0.39, 0.29) is 23.0 Å². The fourth-order valence-electron chi connectivity index (χ4n) is 2.42. The number of hydrogen-bond donors (Lipinski definition) is 3. The maximum Gasteiger partial charge on any atom is 0.252 e. The average Bonchev–Trinajstić information content (AvgIpc) is 2.95. The number of aromatic nitrogens is 3. The SMILES string of the molecule is Br.C[C@H]1CNC[C@H]1Nc1c(C(N)=O)cnn2cc(Br)nc12. The molecule has 7 nitrogen and oxygen atoms in total. The Morgan fingerprint density at radius 2 is 2.33 bits per heavy atom. The van der Waals surface area contributed by atoms with Gasteiger partial charge in [0, 0.05) is 12.6 Å². The van der Waals surface area contributed by atoms with Crippen molar-refractivity contribution in [1.82, 2.24) is 19.9 Å². The number of primary amides is 1. The number of halogens is 2. The van der Waals surface area contributed by atoms with Gasteiger partial charge in [0.2, 0.25) is 0 Å². The Hall–Kier alpha value is -1.19. The summed E-state index contributed by atoms with van der Waals surface area (Å²) < 4.78 is 2.28. The molecule has 0 radical (unpaired) electrons. The summed E-state index contributed by atoms with van der Waals surface area (Å²) in [7, 11) is 0. The van der Waals surface area contributed by atoms with E-state index in [1.54, 1.807) is 10.7 Å². The monoisotopic (exact) mass is 418 g/mol. The third-order valence-electron chi connectivity index (χ3n) is 3.58. The normalized spacial score (nSPS) is 21.2. The minimum Gasteiger partial charge on any atom is -0.377 e. The molecule has 4 N–H and O–H groups in total. The van der Waals surface area contributed by atoms with Crippen molar-refractivity contribution in [2.45, 2.75) is 13.0 Å². The molecule has 0 aromatic carbocycles. The molecule has 1 aliphatic heterocycles. The summed E-state index contributed by atoms with van der Waals surface area (Å²) in [6, 6.07) is 0.231. The number of nitrogens with zero attached hydrogens (tertiary/aromatic N) is 3.